The molecule has 4 rings (SSSR count). The fraction of sp³-hybridized carbons (Fsp3) is 0. The molecule has 0 spiro atoms. The Morgan fingerprint density at radius 2 is 0.929 bits per heavy atom. The van der Waals surface area contributed by atoms with Crippen molar-refractivity contribution in [2.75, 3.05) is 0 Å². The standard InChI is InChI=1S/C24H16O4/c25-23(27-21-11-9-17-5-1-3-7-19(17)15-21)13-14-24(26)28-22-12-10-18-6-2-4-8-20(18)16-22/h1-16H/b14-13-. The van der Waals surface area contributed by atoms with Gasteiger partial charge in [-0.2, -0.15) is 0 Å². The zero-order valence-corrected chi connectivity index (χ0v) is 14.9. The van der Waals surface area contributed by atoms with E-state index in [9.17, 15) is 9.59 Å². The summed E-state index contributed by atoms with van der Waals surface area (Å²) in [6, 6.07) is 26.2. The molecule has 136 valence electrons. The molecule has 4 nitrogen and oxygen atoms in total. The second-order valence-corrected chi connectivity index (χ2v) is 6.19. The Labute approximate surface area is 161 Å². The third kappa shape index (κ3) is 4.07. The minimum atomic E-state index is -0.647. The van der Waals surface area contributed by atoms with Crippen LogP contribution in [0.2, 0.25) is 0 Å². The molecule has 0 amide bonds. The predicted octanol–water partition coefficient (Wildman–Crippen LogP) is 5.06. The average Bonchev–Trinajstić information content (AvgIpc) is 2.72. The molecule has 4 aromatic carbocycles. The highest BCUT2D eigenvalue weighted by atomic mass is 16.5. The number of carbonyl (C=O) groups is 2. The molecule has 0 aliphatic carbocycles. The topological polar surface area (TPSA) is 52.6 Å². The zero-order valence-electron chi connectivity index (χ0n) is 14.9. The fourth-order valence-electron chi connectivity index (χ4n) is 2.90. The Kier molecular flexibility index (Phi) is 4.85. The number of carbonyl (C=O) groups excluding carboxylic acids is 2. The Hall–Kier alpha value is -3.92. The van der Waals surface area contributed by atoms with Gasteiger partial charge in [-0.3, -0.25) is 0 Å². The van der Waals surface area contributed by atoms with Crippen molar-refractivity contribution >= 4 is 33.5 Å². The van der Waals surface area contributed by atoms with Crippen LogP contribution in [0.5, 0.6) is 11.5 Å². The van der Waals surface area contributed by atoms with Crippen molar-refractivity contribution < 1.29 is 19.1 Å². The maximum Gasteiger partial charge on any atom is 0.336 e. The molecule has 0 radical (unpaired) electrons. The molecule has 0 heterocycles. The quantitative estimate of drug-likeness (QED) is 0.287. The SMILES string of the molecule is O=C(/C=C\C(=O)Oc1ccc2ccccc2c1)Oc1ccc2ccccc2c1. The maximum atomic E-state index is 12.0. The second-order valence-electron chi connectivity index (χ2n) is 6.19. The minimum absolute atomic E-state index is 0.413. The minimum Gasteiger partial charge on any atom is -0.423 e. The first-order valence-electron chi connectivity index (χ1n) is 8.77. The van der Waals surface area contributed by atoms with E-state index in [1.165, 1.54) is 0 Å². The Morgan fingerprint density at radius 1 is 0.536 bits per heavy atom. The number of fused-ring (bicyclic) bond motifs is 2. The molecule has 0 saturated carbocycles. The van der Waals surface area contributed by atoms with Gasteiger partial charge in [0.15, 0.2) is 0 Å². The van der Waals surface area contributed by atoms with Crippen LogP contribution in [0.1, 0.15) is 0 Å². The molecule has 0 aromatic heterocycles. The van der Waals surface area contributed by atoms with Crippen molar-refractivity contribution in [1.29, 1.82) is 0 Å². The third-order valence-electron chi connectivity index (χ3n) is 4.23. The number of rotatable bonds is 4. The van der Waals surface area contributed by atoms with E-state index in [2.05, 4.69) is 0 Å². The van der Waals surface area contributed by atoms with Crippen molar-refractivity contribution in [3.05, 3.63) is 97.1 Å². The maximum absolute atomic E-state index is 12.0. The van der Waals surface area contributed by atoms with Crippen LogP contribution in [0.4, 0.5) is 0 Å². The molecule has 0 aliphatic heterocycles. The summed E-state index contributed by atoms with van der Waals surface area (Å²) in [5, 5.41) is 4.04. The van der Waals surface area contributed by atoms with Gasteiger partial charge in [-0.25, -0.2) is 9.59 Å². The molecular formula is C24H16O4. The normalized spacial score (nSPS) is 11.0. The Morgan fingerprint density at radius 3 is 1.36 bits per heavy atom. The lowest BCUT2D eigenvalue weighted by atomic mass is 10.1. The summed E-state index contributed by atoms with van der Waals surface area (Å²) in [7, 11) is 0. The van der Waals surface area contributed by atoms with Gasteiger partial charge in [0.25, 0.3) is 0 Å². The van der Waals surface area contributed by atoms with E-state index in [4.69, 9.17) is 9.47 Å². The van der Waals surface area contributed by atoms with Gasteiger partial charge in [-0.05, 0) is 45.8 Å². The molecule has 4 heteroatoms. The molecule has 28 heavy (non-hydrogen) atoms. The number of benzene rings is 4. The Bertz CT molecular complexity index is 1110. The van der Waals surface area contributed by atoms with Gasteiger partial charge in [0, 0.05) is 12.2 Å². The number of hydrogen-bond acceptors (Lipinski definition) is 4. The van der Waals surface area contributed by atoms with Crippen molar-refractivity contribution in [2.24, 2.45) is 0 Å². The number of hydrogen-bond donors (Lipinski definition) is 0. The van der Waals surface area contributed by atoms with Crippen molar-refractivity contribution in [1.82, 2.24) is 0 Å². The molecule has 0 saturated heterocycles. The molecular weight excluding hydrogens is 352 g/mol. The van der Waals surface area contributed by atoms with Crippen molar-refractivity contribution in [3.63, 3.8) is 0 Å². The van der Waals surface area contributed by atoms with Crippen LogP contribution >= 0.6 is 0 Å². The van der Waals surface area contributed by atoms with Crippen molar-refractivity contribution in [2.45, 2.75) is 0 Å². The average molecular weight is 368 g/mol. The molecule has 0 unspecified atom stereocenters. The van der Waals surface area contributed by atoms with E-state index in [0.717, 1.165) is 33.7 Å². The molecule has 4 aromatic rings. The van der Waals surface area contributed by atoms with Gasteiger partial charge in [0.2, 0.25) is 0 Å². The summed E-state index contributed by atoms with van der Waals surface area (Å²) in [5.74, 6) is -0.469. The van der Waals surface area contributed by atoms with Crippen LogP contribution in [0, 0.1) is 0 Å². The highest BCUT2D eigenvalue weighted by Gasteiger charge is 2.06. The third-order valence-corrected chi connectivity index (χ3v) is 4.23. The highest BCUT2D eigenvalue weighted by Crippen LogP contribution is 2.22. The summed E-state index contributed by atoms with van der Waals surface area (Å²) >= 11 is 0. The largest absolute Gasteiger partial charge is 0.423 e. The molecule has 0 atom stereocenters. The Balaban J connectivity index is 1.39. The molecule has 0 fully saturated rings. The summed E-state index contributed by atoms with van der Waals surface area (Å²) < 4.78 is 10.5. The van der Waals surface area contributed by atoms with E-state index in [1.54, 1.807) is 24.3 Å². The summed E-state index contributed by atoms with van der Waals surface area (Å²) in [6.07, 6.45) is 2.11. The fourth-order valence-corrected chi connectivity index (χ4v) is 2.90. The first-order valence-corrected chi connectivity index (χ1v) is 8.77. The van der Waals surface area contributed by atoms with Crippen molar-refractivity contribution in [3.8, 4) is 11.5 Å². The second kappa shape index (κ2) is 7.76. The van der Waals surface area contributed by atoms with E-state index >= 15 is 0 Å². The predicted molar refractivity (Wildman–Crippen MR) is 108 cm³/mol. The van der Waals surface area contributed by atoms with Crippen LogP contribution < -0.4 is 9.47 Å². The van der Waals surface area contributed by atoms with Crippen LogP contribution in [0.15, 0.2) is 97.1 Å². The van der Waals surface area contributed by atoms with Crippen LogP contribution in [-0.4, -0.2) is 11.9 Å². The summed E-state index contributed by atoms with van der Waals surface area (Å²) in [5.41, 5.74) is 0. The number of esters is 2. The van der Waals surface area contributed by atoms with Gasteiger partial charge in [-0.15, -0.1) is 0 Å². The van der Waals surface area contributed by atoms with E-state index in [0.29, 0.717) is 11.5 Å². The number of ether oxygens (including phenoxy) is 2. The lowest BCUT2D eigenvalue weighted by Gasteiger charge is -2.04. The summed E-state index contributed by atoms with van der Waals surface area (Å²) in [4.78, 5) is 23.9. The van der Waals surface area contributed by atoms with Gasteiger partial charge >= 0.3 is 11.9 Å². The monoisotopic (exact) mass is 368 g/mol. The molecule has 0 N–H and O–H groups in total. The van der Waals surface area contributed by atoms with Gasteiger partial charge in [0.05, 0.1) is 0 Å². The van der Waals surface area contributed by atoms with E-state index in [1.807, 2.05) is 60.7 Å². The van der Waals surface area contributed by atoms with E-state index in [-0.39, 0.29) is 0 Å². The first kappa shape index (κ1) is 17.5. The molecule has 0 bridgehead atoms. The van der Waals surface area contributed by atoms with Gasteiger partial charge < -0.3 is 9.47 Å². The first-order chi connectivity index (χ1) is 13.7. The summed E-state index contributed by atoms with van der Waals surface area (Å²) in [6.45, 7) is 0. The smallest absolute Gasteiger partial charge is 0.336 e. The lowest BCUT2D eigenvalue weighted by Crippen LogP contribution is -2.08. The van der Waals surface area contributed by atoms with Crippen LogP contribution in [-0.2, 0) is 9.59 Å². The van der Waals surface area contributed by atoms with Gasteiger partial charge in [0.1, 0.15) is 11.5 Å². The zero-order chi connectivity index (χ0) is 19.3. The van der Waals surface area contributed by atoms with Gasteiger partial charge in [-0.1, -0.05) is 60.7 Å². The molecule has 0 aliphatic rings. The van der Waals surface area contributed by atoms with E-state index < -0.39 is 11.9 Å². The highest BCUT2D eigenvalue weighted by molar-refractivity contribution is 5.94. The lowest BCUT2D eigenvalue weighted by molar-refractivity contribution is -0.131. The van der Waals surface area contributed by atoms with Crippen LogP contribution in [0.25, 0.3) is 21.5 Å². The van der Waals surface area contributed by atoms with Crippen LogP contribution in [0.3, 0.4) is 0 Å².